The molecule has 1 N–H and O–H groups in total. The van der Waals surface area contributed by atoms with Crippen LogP contribution in [-0.2, 0) is 0 Å². The summed E-state index contributed by atoms with van der Waals surface area (Å²) in [5.41, 5.74) is 0. The monoisotopic (exact) mass is 258 g/mol. The lowest BCUT2D eigenvalue weighted by Gasteiger charge is -2.19. The average molecular weight is 258 g/mol. The van der Waals surface area contributed by atoms with Gasteiger partial charge in [0.15, 0.2) is 0 Å². The number of nitrogens with zero attached hydrogens (tertiary/aromatic N) is 1. The van der Waals surface area contributed by atoms with Gasteiger partial charge in [0.1, 0.15) is 0 Å². The van der Waals surface area contributed by atoms with Crippen molar-refractivity contribution in [3.63, 3.8) is 0 Å². The van der Waals surface area contributed by atoms with E-state index in [1.165, 1.54) is 64.6 Å². The van der Waals surface area contributed by atoms with Crippen molar-refractivity contribution in [2.24, 2.45) is 0 Å². The third-order valence-electron chi connectivity index (χ3n) is 3.20. The largest absolute Gasteiger partial charge is 0.318 e. The highest BCUT2D eigenvalue weighted by Crippen LogP contribution is 2.07. The number of likely N-dealkylation sites (N-methyl/N-ethyl adjacent to an activating group) is 2. The Kier molecular flexibility index (Phi) is 21.7. The van der Waals surface area contributed by atoms with Crippen molar-refractivity contribution in [1.29, 1.82) is 0 Å². The first-order chi connectivity index (χ1) is 8.85. The molecule has 0 amide bonds. The maximum Gasteiger partial charge on any atom is 0.0107 e. The average Bonchev–Trinajstić information content (AvgIpc) is 2.43. The predicted octanol–water partition coefficient (Wildman–Crippen LogP) is 4.30. The molecule has 0 aromatic rings. The quantitative estimate of drug-likeness (QED) is 0.525. The van der Waals surface area contributed by atoms with Gasteiger partial charge < -0.3 is 10.2 Å². The molecule has 0 saturated carbocycles. The number of hydrogen-bond donors (Lipinski definition) is 1. The summed E-state index contributed by atoms with van der Waals surface area (Å²) in [4.78, 5) is 2.54. The van der Waals surface area contributed by atoms with Crippen molar-refractivity contribution in [3.8, 4) is 0 Å². The first kappa shape index (κ1) is 20.2. The van der Waals surface area contributed by atoms with E-state index in [0.717, 1.165) is 6.54 Å². The maximum absolute atomic E-state index is 3.22. The van der Waals surface area contributed by atoms with Crippen LogP contribution in [0.15, 0.2) is 0 Å². The zero-order valence-electron chi connectivity index (χ0n) is 13.7. The van der Waals surface area contributed by atoms with Crippen LogP contribution in [0.4, 0.5) is 0 Å². The van der Waals surface area contributed by atoms with Gasteiger partial charge in [-0.3, -0.25) is 0 Å². The SMILES string of the molecule is CC.CCCCCCCCCN(CC)CCNC. The smallest absolute Gasteiger partial charge is 0.0107 e. The van der Waals surface area contributed by atoms with E-state index in [9.17, 15) is 0 Å². The Hall–Kier alpha value is -0.0800. The molecule has 0 fully saturated rings. The summed E-state index contributed by atoms with van der Waals surface area (Å²) in [6, 6.07) is 0. The van der Waals surface area contributed by atoms with Gasteiger partial charge in [-0.2, -0.15) is 0 Å². The lowest BCUT2D eigenvalue weighted by atomic mass is 10.1. The standard InChI is InChI=1S/C14H32N2.C2H6/c1-4-6-7-8-9-10-11-13-16(5-2)14-12-15-3;1-2/h15H,4-14H2,1-3H3;1-2H3. The summed E-state index contributed by atoms with van der Waals surface area (Å²) in [7, 11) is 2.03. The lowest BCUT2D eigenvalue weighted by molar-refractivity contribution is 0.282. The van der Waals surface area contributed by atoms with E-state index in [0.29, 0.717) is 0 Å². The van der Waals surface area contributed by atoms with E-state index < -0.39 is 0 Å². The lowest BCUT2D eigenvalue weighted by Crippen LogP contribution is -2.31. The fourth-order valence-corrected chi connectivity index (χ4v) is 1.99. The second kappa shape index (κ2) is 19.3. The van der Waals surface area contributed by atoms with E-state index in [1.54, 1.807) is 0 Å². The minimum absolute atomic E-state index is 1.12. The molecule has 2 nitrogen and oxygen atoms in total. The highest BCUT2D eigenvalue weighted by atomic mass is 15.1. The van der Waals surface area contributed by atoms with Crippen LogP contribution in [0.3, 0.4) is 0 Å². The molecule has 112 valence electrons. The third-order valence-corrected chi connectivity index (χ3v) is 3.20. The molecule has 0 spiro atoms. The second-order valence-electron chi connectivity index (χ2n) is 4.66. The van der Waals surface area contributed by atoms with Crippen molar-refractivity contribution in [2.45, 2.75) is 72.6 Å². The fourth-order valence-electron chi connectivity index (χ4n) is 1.99. The van der Waals surface area contributed by atoms with Crippen LogP contribution >= 0.6 is 0 Å². The van der Waals surface area contributed by atoms with Gasteiger partial charge in [-0.05, 0) is 26.6 Å². The topological polar surface area (TPSA) is 15.3 Å². The van der Waals surface area contributed by atoms with Crippen LogP contribution in [0, 0.1) is 0 Å². The van der Waals surface area contributed by atoms with E-state index >= 15 is 0 Å². The Bertz CT molecular complexity index is 126. The molecular weight excluding hydrogens is 220 g/mol. The summed E-state index contributed by atoms with van der Waals surface area (Å²) in [6.45, 7) is 13.3. The van der Waals surface area contributed by atoms with Crippen LogP contribution in [0.5, 0.6) is 0 Å². The van der Waals surface area contributed by atoms with Crippen LogP contribution in [0.1, 0.15) is 72.6 Å². The van der Waals surface area contributed by atoms with Crippen LogP contribution in [0.25, 0.3) is 0 Å². The molecule has 0 saturated heterocycles. The van der Waals surface area contributed by atoms with E-state index in [1.807, 2.05) is 20.9 Å². The Morgan fingerprint density at radius 3 is 1.83 bits per heavy atom. The Labute approximate surface area is 117 Å². The van der Waals surface area contributed by atoms with Crippen molar-refractivity contribution >= 4 is 0 Å². The van der Waals surface area contributed by atoms with Gasteiger partial charge in [0.05, 0.1) is 0 Å². The van der Waals surface area contributed by atoms with Gasteiger partial charge >= 0.3 is 0 Å². The highest BCUT2D eigenvalue weighted by molar-refractivity contribution is 4.57. The summed E-state index contributed by atoms with van der Waals surface area (Å²) in [6.07, 6.45) is 9.88. The second-order valence-corrected chi connectivity index (χ2v) is 4.66. The molecule has 2 heteroatoms. The predicted molar refractivity (Wildman–Crippen MR) is 85.4 cm³/mol. The molecule has 0 bridgehead atoms. The first-order valence-corrected chi connectivity index (χ1v) is 8.22. The number of unbranched alkanes of at least 4 members (excludes halogenated alkanes) is 6. The van der Waals surface area contributed by atoms with E-state index in [4.69, 9.17) is 0 Å². The van der Waals surface area contributed by atoms with Crippen molar-refractivity contribution in [2.75, 3.05) is 33.2 Å². The van der Waals surface area contributed by atoms with Gasteiger partial charge in [0.2, 0.25) is 0 Å². The van der Waals surface area contributed by atoms with Crippen molar-refractivity contribution < 1.29 is 0 Å². The molecule has 0 aromatic carbocycles. The minimum atomic E-state index is 1.12. The van der Waals surface area contributed by atoms with Crippen LogP contribution in [-0.4, -0.2) is 38.1 Å². The molecule has 0 aromatic heterocycles. The zero-order valence-corrected chi connectivity index (χ0v) is 13.7. The number of hydrogen-bond acceptors (Lipinski definition) is 2. The van der Waals surface area contributed by atoms with E-state index in [-0.39, 0.29) is 0 Å². The number of nitrogens with one attached hydrogen (secondary N) is 1. The van der Waals surface area contributed by atoms with Gasteiger partial charge in [0, 0.05) is 13.1 Å². The van der Waals surface area contributed by atoms with Crippen LogP contribution in [0.2, 0.25) is 0 Å². The third kappa shape index (κ3) is 15.9. The molecule has 0 heterocycles. The zero-order chi connectivity index (χ0) is 14.1. The summed E-state index contributed by atoms with van der Waals surface area (Å²) < 4.78 is 0. The fraction of sp³-hybridized carbons (Fsp3) is 1.00. The maximum atomic E-state index is 3.22. The molecule has 0 aliphatic rings. The normalized spacial score (nSPS) is 10.3. The molecule has 0 rings (SSSR count). The Balaban J connectivity index is 0. The molecule has 0 aliphatic heterocycles. The summed E-state index contributed by atoms with van der Waals surface area (Å²) in [5.74, 6) is 0. The minimum Gasteiger partial charge on any atom is -0.318 e. The number of rotatable bonds is 12. The molecular formula is C16H38N2. The van der Waals surface area contributed by atoms with Crippen molar-refractivity contribution in [1.82, 2.24) is 10.2 Å². The Morgan fingerprint density at radius 2 is 1.33 bits per heavy atom. The van der Waals surface area contributed by atoms with Crippen molar-refractivity contribution in [3.05, 3.63) is 0 Å². The molecule has 0 unspecified atom stereocenters. The Morgan fingerprint density at radius 1 is 0.778 bits per heavy atom. The summed E-state index contributed by atoms with van der Waals surface area (Å²) >= 11 is 0. The molecule has 0 radical (unpaired) electrons. The van der Waals surface area contributed by atoms with E-state index in [2.05, 4.69) is 24.1 Å². The molecule has 18 heavy (non-hydrogen) atoms. The van der Waals surface area contributed by atoms with Gasteiger partial charge in [-0.25, -0.2) is 0 Å². The van der Waals surface area contributed by atoms with Gasteiger partial charge in [-0.15, -0.1) is 0 Å². The molecule has 0 atom stereocenters. The van der Waals surface area contributed by atoms with Gasteiger partial charge in [0.25, 0.3) is 0 Å². The van der Waals surface area contributed by atoms with Crippen LogP contribution < -0.4 is 5.32 Å². The summed E-state index contributed by atoms with van der Waals surface area (Å²) in [5, 5.41) is 3.22. The van der Waals surface area contributed by atoms with Gasteiger partial charge in [-0.1, -0.05) is 66.2 Å². The highest BCUT2D eigenvalue weighted by Gasteiger charge is 2.00. The molecule has 0 aliphatic carbocycles. The first-order valence-electron chi connectivity index (χ1n) is 8.22.